The average molecular weight is 440 g/mol. The molecule has 1 amide bonds. The Balaban J connectivity index is 1.41. The van der Waals surface area contributed by atoms with E-state index in [1.807, 2.05) is 35.2 Å². The molecule has 0 N–H and O–H groups in total. The third-order valence-corrected chi connectivity index (χ3v) is 6.40. The van der Waals surface area contributed by atoms with Crippen LogP contribution in [0.25, 0.3) is 11.0 Å². The Hall–Kier alpha value is -3.60. The van der Waals surface area contributed by atoms with Crippen LogP contribution in [0.15, 0.2) is 66.7 Å². The number of benzene rings is 3. The molecule has 0 saturated carbocycles. The number of hydrogen-bond acceptors (Lipinski definition) is 3. The lowest BCUT2D eigenvalue weighted by molar-refractivity contribution is -0.117. The summed E-state index contributed by atoms with van der Waals surface area (Å²) in [6, 6.07) is 22.6. The van der Waals surface area contributed by atoms with Crippen molar-refractivity contribution in [2.45, 2.75) is 39.7 Å². The molecule has 2 heterocycles. The molecule has 5 heteroatoms. The standard InChI is InChI=1S/C28H29N3O2/c1-19-7-6-8-23(15-19)31-18-22(17-27(31)32)28-29-24-9-4-5-10-25(24)30(28)13-14-33-26-16-20(2)11-12-21(26)3/h4-12,15-16,22H,13-14,17-18H2,1-3H3. The number of amides is 1. The van der Waals surface area contributed by atoms with E-state index < -0.39 is 0 Å². The van der Waals surface area contributed by atoms with E-state index in [9.17, 15) is 4.79 Å². The summed E-state index contributed by atoms with van der Waals surface area (Å²) in [7, 11) is 0. The molecule has 3 aromatic carbocycles. The molecule has 0 radical (unpaired) electrons. The van der Waals surface area contributed by atoms with E-state index in [1.54, 1.807) is 0 Å². The van der Waals surface area contributed by atoms with Crippen molar-refractivity contribution in [3.05, 3.63) is 89.2 Å². The Labute approximate surface area is 194 Å². The number of aryl methyl sites for hydroxylation is 3. The highest BCUT2D eigenvalue weighted by molar-refractivity contribution is 5.96. The molecule has 1 aliphatic rings. The maximum atomic E-state index is 12.9. The zero-order valence-corrected chi connectivity index (χ0v) is 19.4. The summed E-state index contributed by atoms with van der Waals surface area (Å²) in [5.74, 6) is 2.08. The molecule has 1 atom stereocenters. The van der Waals surface area contributed by atoms with Gasteiger partial charge in [-0.15, -0.1) is 0 Å². The number of ether oxygens (including phenoxy) is 1. The van der Waals surface area contributed by atoms with Gasteiger partial charge in [-0.25, -0.2) is 4.98 Å². The van der Waals surface area contributed by atoms with E-state index in [0.29, 0.717) is 26.1 Å². The molecule has 1 unspecified atom stereocenters. The molecular formula is C28H29N3O2. The van der Waals surface area contributed by atoms with Crippen molar-refractivity contribution < 1.29 is 9.53 Å². The summed E-state index contributed by atoms with van der Waals surface area (Å²) in [5, 5.41) is 0. The van der Waals surface area contributed by atoms with Gasteiger partial charge in [-0.1, -0.05) is 36.4 Å². The fraction of sp³-hybridized carbons (Fsp3) is 0.286. The molecule has 33 heavy (non-hydrogen) atoms. The highest BCUT2D eigenvalue weighted by Gasteiger charge is 2.34. The second-order valence-corrected chi connectivity index (χ2v) is 8.97. The maximum Gasteiger partial charge on any atom is 0.227 e. The first-order valence-corrected chi connectivity index (χ1v) is 11.5. The van der Waals surface area contributed by atoms with Crippen LogP contribution in [0, 0.1) is 20.8 Å². The van der Waals surface area contributed by atoms with Crippen molar-refractivity contribution in [3.8, 4) is 5.75 Å². The van der Waals surface area contributed by atoms with Crippen LogP contribution in [0.1, 0.15) is 34.9 Å². The van der Waals surface area contributed by atoms with Gasteiger partial charge in [-0.3, -0.25) is 4.79 Å². The Morgan fingerprint density at radius 1 is 0.970 bits per heavy atom. The molecule has 1 aliphatic heterocycles. The highest BCUT2D eigenvalue weighted by atomic mass is 16.5. The normalized spacial score (nSPS) is 16.0. The lowest BCUT2D eigenvalue weighted by atomic mass is 10.1. The first-order valence-electron chi connectivity index (χ1n) is 11.5. The highest BCUT2D eigenvalue weighted by Crippen LogP contribution is 2.33. The van der Waals surface area contributed by atoms with Crippen LogP contribution < -0.4 is 9.64 Å². The van der Waals surface area contributed by atoms with E-state index >= 15 is 0 Å². The summed E-state index contributed by atoms with van der Waals surface area (Å²) >= 11 is 0. The van der Waals surface area contributed by atoms with E-state index in [2.05, 4.69) is 61.7 Å². The number of carbonyl (C=O) groups is 1. The van der Waals surface area contributed by atoms with Gasteiger partial charge in [-0.2, -0.15) is 0 Å². The maximum absolute atomic E-state index is 12.9. The lowest BCUT2D eigenvalue weighted by Crippen LogP contribution is -2.24. The fourth-order valence-corrected chi connectivity index (χ4v) is 4.68. The minimum Gasteiger partial charge on any atom is -0.491 e. The first-order chi connectivity index (χ1) is 16.0. The van der Waals surface area contributed by atoms with Crippen molar-refractivity contribution in [1.82, 2.24) is 9.55 Å². The molecule has 0 spiro atoms. The number of fused-ring (bicyclic) bond motifs is 1. The molecule has 0 aliphatic carbocycles. The van der Waals surface area contributed by atoms with Crippen LogP contribution in [0.2, 0.25) is 0 Å². The number of aromatic nitrogens is 2. The molecule has 1 aromatic heterocycles. The molecule has 5 rings (SSSR count). The number of para-hydroxylation sites is 2. The molecule has 4 aromatic rings. The minimum atomic E-state index is 0.0473. The quantitative estimate of drug-likeness (QED) is 0.395. The van der Waals surface area contributed by atoms with Gasteiger partial charge in [0, 0.05) is 24.6 Å². The molecule has 1 fully saturated rings. The number of anilines is 1. The van der Waals surface area contributed by atoms with E-state index in [4.69, 9.17) is 9.72 Å². The van der Waals surface area contributed by atoms with Crippen LogP contribution in [0.5, 0.6) is 5.75 Å². The largest absolute Gasteiger partial charge is 0.491 e. The van der Waals surface area contributed by atoms with E-state index in [-0.39, 0.29) is 11.8 Å². The van der Waals surface area contributed by atoms with Crippen molar-refractivity contribution in [3.63, 3.8) is 0 Å². The molecule has 168 valence electrons. The monoisotopic (exact) mass is 439 g/mol. The lowest BCUT2D eigenvalue weighted by Gasteiger charge is -2.18. The Morgan fingerprint density at radius 2 is 1.79 bits per heavy atom. The van der Waals surface area contributed by atoms with Gasteiger partial charge in [0.05, 0.1) is 17.6 Å². The Kier molecular flexibility index (Phi) is 5.63. The van der Waals surface area contributed by atoms with Crippen molar-refractivity contribution in [2.75, 3.05) is 18.1 Å². The summed E-state index contributed by atoms with van der Waals surface area (Å²) in [6.07, 6.45) is 0.467. The van der Waals surface area contributed by atoms with Gasteiger partial charge < -0.3 is 14.2 Å². The van der Waals surface area contributed by atoms with Gasteiger partial charge in [-0.05, 0) is 67.8 Å². The van der Waals surface area contributed by atoms with Crippen LogP contribution in [0.3, 0.4) is 0 Å². The van der Waals surface area contributed by atoms with Crippen LogP contribution in [0.4, 0.5) is 5.69 Å². The van der Waals surface area contributed by atoms with E-state index in [1.165, 1.54) is 5.56 Å². The van der Waals surface area contributed by atoms with Gasteiger partial charge in [0.25, 0.3) is 0 Å². The van der Waals surface area contributed by atoms with Gasteiger partial charge in [0.1, 0.15) is 18.2 Å². The SMILES string of the molecule is Cc1cccc(N2CC(c3nc4ccccc4n3CCOc3cc(C)ccc3C)CC2=O)c1. The van der Waals surface area contributed by atoms with Crippen molar-refractivity contribution >= 4 is 22.6 Å². The van der Waals surface area contributed by atoms with Crippen molar-refractivity contribution in [2.24, 2.45) is 0 Å². The fourth-order valence-electron chi connectivity index (χ4n) is 4.68. The predicted molar refractivity (Wildman–Crippen MR) is 132 cm³/mol. The molecular weight excluding hydrogens is 410 g/mol. The predicted octanol–water partition coefficient (Wildman–Crippen LogP) is 5.56. The van der Waals surface area contributed by atoms with Crippen LogP contribution in [-0.4, -0.2) is 28.6 Å². The van der Waals surface area contributed by atoms with Crippen LogP contribution >= 0.6 is 0 Å². The first kappa shape index (κ1) is 21.3. The molecule has 1 saturated heterocycles. The zero-order valence-electron chi connectivity index (χ0n) is 19.4. The summed E-state index contributed by atoms with van der Waals surface area (Å²) in [6.45, 7) is 8.06. The second-order valence-electron chi connectivity index (χ2n) is 8.97. The summed E-state index contributed by atoms with van der Waals surface area (Å²) in [5.41, 5.74) is 6.47. The summed E-state index contributed by atoms with van der Waals surface area (Å²) < 4.78 is 8.39. The molecule has 0 bridgehead atoms. The Morgan fingerprint density at radius 3 is 2.64 bits per heavy atom. The topological polar surface area (TPSA) is 47.4 Å². The third-order valence-electron chi connectivity index (χ3n) is 6.40. The number of nitrogens with zero attached hydrogens (tertiary/aromatic N) is 3. The Bertz CT molecular complexity index is 1320. The van der Waals surface area contributed by atoms with Gasteiger partial charge in [0.15, 0.2) is 0 Å². The average Bonchev–Trinajstić information content (AvgIpc) is 3.37. The molecule has 5 nitrogen and oxygen atoms in total. The third kappa shape index (κ3) is 4.23. The van der Waals surface area contributed by atoms with Crippen molar-refractivity contribution in [1.29, 1.82) is 0 Å². The number of hydrogen-bond donors (Lipinski definition) is 0. The number of imidazole rings is 1. The van der Waals surface area contributed by atoms with Crippen LogP contribution in [-0.2, 0) is 11.3 Å². The number of rotatable bonds is 6. The minimum absolute atomic E-state index is 0.0473. The number of carbonyl (C=O) groups excluding carboxylic acids is 1. The van der Waals surface area contributed by atoms with Gasteiger partial charge >= 0.3 is 0 Å². The van der Waals surface area contributed by atoms with E-state index in [0.717, 1.165) is 39.4 Å². The van der Waals surface area contributed by atoms with Gasteiger partial charge in [0.2, 0.25) is 5.91 Å². The zero-order chi connectivity index (χ0) is 22.9. The summed E-state index contributed by atoms with van der Waals surface area (Å²) in [4.78, 5) is 19.8. The second kappa shape index (κ2) is 8.74. The smallest absolute Gasteiger partial charge is 0.227 e.